The number of amides is 1. The molecule has 0 spiro atoms. The van der Waals surface area contributed by atoms with E-state index in [4.69, 9.17) is 18.9 Å². The number of nitro groups is 1. The fraction of sp³-hybridized carbons (Fsp3) is 0.381. The number of hydrogen-bond donors (Lipinski definition) is 1. The molecule has 1 aliphatic rings. The molecule has 0 saturated carbocycles. The summed E-state index contributed by atoms with van der Waals surface area (Å²) in [6.45, 7) is 3.66. The Hall–Kier alpha value is -3.49. The molecule has 0 saturated heterocycles. The zero-order valence-electron chi connectivity index (χ0n) is 17.3. The van der Waals surface area contributed by atoms with Gasteiger partial charge in [-0.2, -0.15) is 0 Å². The van der Waals surface area contributed by atoms with E-state index in [-0.39, 0.29) is 30.0 Å². The summed E-state index contributed by atoms with van der Waals surface area (Å²) >= 11 is 0. The van der Waals surface area contributed by atoms with Crippen LogP contribution < -0.4 is 24.3 Å². The van der Waals surface area contributed by atoms with Crippen molar-refractivity contribution in [1.29, 1.82) is 0 Å². The lowest BCUT2D eigenvalue weighted by Gasteiger charge is -2.38. The molecule has 3 rings (SSSR count). The number of benzene rings is 2. The number of fused-ring (bicyclic) bond motifs is 1. The van der Waals surface area contributed by atoms with Crippen LogP contribution in [0, 0.1) is 10.1 Å². The van der Waals surface area contributed by atoms with Crippen LogP contribution in [-0.4, -0.2) is 37.3 Å². The number of hydrogen-bond acceptors (Lipinski definition) is 7. The van der Waals surface area contributed by atoms with Gasteiger partial charge in [0.1, 0.15) is 22.8 Å². The smallest absolute Gasteiger partial charge is 0.311 e. The number of methoxy groups -OCH3 is 2. The van der Waals surface area contributed by atoms with Gasteiger partial charge < -0.3 is 24.3 Å². The molecule has 2 aromatic rings. The topological polar surface area (TPSA) is 109 Å². The summed E-state index contributed by atoms with van der Waals surface area (Å²) in [4.78, 5) is 23.0. The van der Waals surface area contributed by atoms with Crippen molar-refractivity contribution >= 4 is 11.6 Å². The second-order valence-electron chi connectivity index (χ2n) is 7.47. The van der Waals surface area contributed by atoms with Gasteiger partial charge in [0.2, 0.25) is 5.75 Å². The van der Waals surface area contributed by atoms with Gasteiger partial charge in [-0.25, -0.2) is 0 Å². The van der Waals surface area contributed by atoms with Gasteiger partial charge in [0, 0.05) is 24.1 Å². The van der Waals surface area contributed by atoms with Crippen molar-refractivity contribution in [3.63, 3.8) is 0 Å². The van der Waals surface area contributed by atoms with Crippen LogP contribution in [0.4, 0.5) is 5.69 Å². The first-order valence-electron chi connectivity index (χ1n) is 9.34. The van der Waals surface area contributed by atoms with E-state index in [2.05, 4.69) is 5.32 Å². The van der Waals surface area contributed by atoms with E-state index in [0.717, 1.165) is 5.56 Å². The molecule has 0 fully saturated rings. The minimum absolute atomic E-state index is 0.0603. The van der Waals surface area contributed by atoms with E-state index >= 15 is 0 Å². The normalized spacial score (nSPS) is 16.6. The lowest BCUT2D eigenvalue weighted by atomic mass is 9.89. The van der Waals surface area contributed by atoms with Gasteiger partial charge in [0.15, 0.2) is 6.61 Å². The van der Waals surface area contributed by atoms with Crippen LogP contribution in [-0.2, 0) is 4.79 Å². The van der Waals surface area contributed by atoms with Crippen LogP contribution in [0.2, 0.25) is 0 Å². The van der Waals surface area contributed by atoms with Crippen LogP contribution in [0.15, 0.2) is 36.4 Å². The van der Waals surface area contributed by atoms with Crippen molar-refractivity contribution in [3.8, 4) is 23.0 Å². The number of nitrogens with zero attached hydrogens (tertiary/aromatic N) is 1. The van der Waals surface area contributed by atoms with Crippen molar-refractivity contribution in [2.24, 2.45) is 0 Å². The van der Waals surface area contributed by atoms with Gasteiger partial charge in [-0.3, -0.25) is 14.9 Å². The second-order valence-corrected chi connectivity index (χ2v) is 7.47. The maximum absolute atomic E-state index is 12.5. The molecule has 1 amide bonds. The minimum Gasteiger partial charge on any atom is -0.497 e. The van der Waals surface area contributed by atoms with Gasteiger partial charge in [0.25, 0.3) is 5.91 Å². The SMILES string of the molecule is COc1ccc2c(c1)C(NC(=O)COc1ccc([N+](=O)[O-])c(OC)c1)CC(C)(C)O2. The maximum atomic E-state index is 12.5. The second kappa shape index (κ2) is 8.48. The van der Waals surface area contributed by atoms with Crippen LogP contribution in [0.5, 0.6) is 23.0 Å². The number of ether oxygens (including phenoxy) is 4. The molecule has 160 valence electrons. The first-order valence-corrected chi connectivity index (χ1v) is 9.34. The largest absolute Gasteiger partial charge is 0.497 e. The Morgan fingerprint density at radius 1 is 1.20 bits per heavy atom. The van der Waals surface area contributed by atoms with E-state index in [9.17, 15) is 14.9 Å². The summed E-state index contributed by atoms with van der Waals surface area (Å²) < 4.78 is 21.8. The molecule has 0 aliphatic carbocycles. The van der Waals surface area contributed by atoms with Crippen LogP contribution in [0.1, 0.15) is 31.9 Å². The summed E-state index contributed by atoms with van der Waals surface area (Å²) in [6.07, 6.45) is 0.574. The van der Waals surface area contributed by atoms with Crippen molar-refractivity contribution in [2.45, 2.75) is 31.9 Å². The number of nitro benzene ring substituents is 1. The summed E-state index contributed by atoms with van der Waals surface area (Å²) in [5.41, 5.74) is 0.204. The van der Waals surface area contributed by atoms with Gasteiger partial charge in [-0.15, -0.1) is 0 Å². The highest BCUT2D eigenvalue weighted by molar-refractivity contribution is 5.78. The summed E-state index contributed by atoms with van der Waals surface area (Å²) in [7, 11) is 2.91. The molecule has 30 heavy (non-hydrogen) atoms. The Kier molecular flexibility index (Phi) is 6.00. The lowest BCUT2D eigenvalue weighted by molar-refractivity contribution is -0.385. The fourth-order valence-electron chi connectivity index (χ4n) is 3.37. The van der Waals surface area contributed by atoms with Crippen molar-refractivity contribution in [2.75, 3.05) is 20.8 Å². The number of carbonyl (C=O) groups excluding carboxylic acids is 1. The average Bonchev–Trinajstić information content (AvgIpc) is 2.70. The van der Waals surface area contributed by atoms with Crippen LogP contribution >= 0.6 is 0 Å². The summed E-state index contributed by atoms with van der Waals surface area (Å²) in [5.74, 6) is 1.39. The Bertz CT molecular complexity index is 958. The van der Waals surface area contributed by atoms with Crippen molar-refractivity contribution in [1.82, 2.24) is 5.32 Å². The molecule has 9 nitrogen and oxygen atoms in total. The molecule has 1 N–H and O–H groups in total. The Morgan fingerprint density at radius 2 is 1.93 bits per heavy atom. The number of carbonyl (C=O) groups is 1. The highest BCUT2D eigenvalue weighted by atomic mass is 16.6. The van der Waals surface area contributed by atoms with E-state index in [1.807, 2.05) is 32.0 Å². The highest BCUT2D eigenvalue weighted by Crippen LogP contribution is 2.41. The van der Waals surface area contributed by atoms with E-state index in [1.165, 1.54) is 25.3 Å². The first kappa shape index (κ1) is 21.2. The molecule has 0 bridgehead atoms. The molecule has 1 heterocycles. The predicted molar refractivity (Wildman–Crippen MR) is 108 cm³/mol. The fourth-order valence-corrected chi connectivity index (χ4v) is 3.37. The average molecular weight is 416 g/mol. The standard InChI is InChI=1S/C21H24N2O7/c1-21(2)11-16(15-9-13(27-3)6-8-18(15)30-21)22-20(24)12-29-14-5-7-17(23(25)26)19(10-14)28-4/h5-10,16H,11-12H2,1-4H3,(H,22,24). The third-order valence-corrected chi connectivity index (χ3v) is 4.73. The van der Waals surface area contributed by atoms with Crippen molar-refractivity contribution < 1.29 is 28.7 Å². The highest BCUT2D eigenvalue weighted by Gasteiger charge is 2.35. The quantitative estimate of drug-likeness (QED) is 0.544. The van der Waals surface area contributed by atoms with E-state index in [1.54, 1.807) is 7.11 Å². The van der Waals surface area contributed by atoms with Gasteiger partial charge in [-0.05, 0) is 38.1 Å². The zero-order valence-corrected chi connectivity index (χ0v) is 17.3. The van der Waals surface area contributed by atoms with E-state index in [0.29, 0.717) is 23.7 Å². The molecule has 0 radical (unpaired) electrons. The van der Waals surface area contributed by atoms with Gasteiger partial charge in [0.05, 0.1) is 25.2 Å². The van der Waals surface area contributed by atoms with E-state index < -0.39 is 10.5 Å². The minimum atomic E-state index is -0.548. The maximum Gasteiger partial charge on any atom is 0.311 e. The molecule has 1 unspecified atom stereocenters. The third-order valence-electron chi connectivity index (χ3n) is 4.73. The molecular weight excluding hydrogens is 392 g/mol. The molecule has 1 aliphatic heterocycles. The van der Waals surface area contributed by atoms with Crippen molar-refractivity contribution in [3.05, 3.63) is 52.1 Å². The zero-order chi connectivity index (χ0) is 21.9. The number of rotatable bonds is 7. The third kappa shape index (κ3) is 4.73. The van der Waals surface area contributed by atoms with Gasteiger partial charge >= 0.3 is 5.69 Å². The first-order chi connectivity index (χ1) is 14.2. The molecule has 0 aromatic heterocycles. The number of nitrogens with one attached hydrogen (secondary N) is 1. The molecular formula is C21H24N2O7. The lowest BCUT2D eigenvalue weighted by Crippen LogP contribution is -2.42. The molecule has 2 aromatic carbocycles. The predicted octanol–water partition coefficient (Wildman–Crippen LogP) is 3.41. The monoisotopic (exact) mass is 416 g/mol. The molecule has 1 atom stereocenters. The Labute approximate surface area is 174 Å². The molecule has 9 heteroatoms. The summed E-state index contributed by atoms with van der Waals surface area (Å²) in [5, 5.41) is 14.0. The van der Waals surface area contributed by atoms with Crippen LogP contribution in [0.3, 0.4) is 0 Å². The van der Waals surface area contributed by atoms with Gasteiger partial charge in [-0.1, -0.05) is 0 Å². The Morgan fingerprint density at radius 3 is 2.60 bits per heavy atom. The van der Waals surface area contributed by atoms with Crippen LogP contribution in [0.25, 0.3) is 0 Å². The Balaban J connectivity index is 1.70. The summed E-state index contributed by atoms with van der Waals surface area (Å²) in [6, 6.07) is 9.28.